The van der Waals surface area contributed by atoms with E-state index < -0.39 is 0 Å². The second-order valence-electron chi connectivity index (χ2n) is 6.98. The van der Waals surface area contributed by atoms with Gasteiger partial charge < -0.3 is 5.11 Å². The molecule has 1 nitrogen and oxygen atoms in total. The van der Waals surface area contributed by atoms with Gasteiger partial charge in [0, 0.05) is 22.0 Å². The monoisotopic (exact) mass is 340 g/mol. The summed E-state index contributed by atoms with van der Waals surface area (Å²) in [6.07, 6.45) is 4.16. The zero-order valence-electron chi connectivity index (χ0n) is 14.7. The lowest BCUT2D eigenvalue weighted by molar-refractivity contribution is 0.0182. The van der Waals surface area contributed by atoms with E-state index in [0.29, 0.717) is 0 Å². The Labute approximate surface area is 150 Å². The maximum Gasteiger partial charge on any atom is 0.0713 e. The van der Waals surface area contributed by atoms with Crippen molar-refractivity contribution >= 4 is 11.8 Å². The van der Waals surface area contributed by atoms with Crippen molar-refractivity contribution in [1.29, 1.82) is 0 Å². The second kappa shape index (κ2) is 7.76. The highest BCUT2D eigenvalue weighted by atomic mass is 32.2. The molecule has 1 N–H and O–H groups in total. The second-order valence-corrected chi connectivity index (χ2v) is 8.00. The Bertz CT molecular complexity index is 654. The van der Waals surface area contributed by atoms with Crippen LogP contribution in [0.25, 0.3) is 0 Å². The summed E-state index contributed by atoms with van der Waals surface area (Å²) in [5.41, 5.74) is 2.50. The van der Waals surface area contributed by atoms with Gasteiger partial charge in [0.15, 0.2) is 0 Å². The Morgan fingerprint density at radius 1 is 1.04 bits per heavy atom. The molecule has 0 aromatic heterocycles. The summed E-state index contributed by atoms with van der Waals surface area (Å²) in [5.74, 6) is 1.07. The number of aliphatic hydroxyl groups excluding tert-OH is 1. The van der Waals surface area contributed by atoms with Crippen LogP contribution in [0.2, 0.25) is 0 Å². The SMILES string of the molecule is CCCC[C@]1(CC)CSc2ccccc2[C@H](c2ccccc2)[C@@H]1O. The van der Waals surface area contributed by atoms with Crippen LogP contribution in [0.1, 0.15) is 56.6 Å². The van der Waals surface area contributed by atoms with Crippen molar-refractivity contribution in [1.82, 2.24) is 0 Å². The first-order chi connectivity index (χ1) is 11.7. The molecule has 0 saturated carbocycles. The average Bonchev–Trinajstić information content (AvgIpc) is 2.76. The van der Waals surface area contributed by atoms with Gasteiger partial charge in [-0.3, -0.25) is 0 Å². The molecule has 1 aliphatic rings. The third kappa shape index (κ3) is 3.27. The molecule has 1 aliphatic heterocycles. The molecule has 1 heterocycles. The van der Waals surface area contributed by atoms with Gasteiger partial charge in [0.1, 0.15) is 0 Å². The molecule has 0 aliphatic carbocycles. The summed E-state index contributed by atoms with van der Waals surface area (Å²) in [6, 6.07) is 19.2. The molecule has 0 unspecified atom stereocenters. The van der Waals surface area contributed by atoms with E-state index in [1.54, 1.807) is 0 Å². The van der Waals surface area contributed by atoms with Gasteiger partial charge in [0.05, 0.1) is 6.10 Å². The van der Waals surface area contributed by atoms with Gasteiger partial charge in [-0.05, 0) is 30.0 Å². The van der Waals surface area contributed by atoms with Crippen molar-refractivity contribution < 1.29 is 5.11 Å². The van der Waals surface area contributed by atoms with Crippen molar-refractivity contribution in [3.05, 3.63) is 65.7 Å². The third-order valence-electron chi connectivity index (χ3n) is 5.60. The fourth-order valence-corrected chi connectivity index (χ4v) is 5.46. The molecule has 3 atom stereocenters. The molecular weight excluding hydrogens is 312 g/mol. The van der Waals surface area contributed by atoms with Crippen molar-refractivity contribution in [3.8, 4) is 0 Å². The highest BCUT2D eigenvalue weighted by molar-refractivity contribution is 7.99. The number of unbranched alkanes of at least 4 members (excludes halogenated alkanes) is 1. The molecule has 2 heteroatoms. The van der Waals surface area contributed by atoms with Crippen LogP contribution in [-0.4, -0.2) is 17.0 Å². The number of hydrogen-bond donors (Lipinski definition) is 1. The molecule has 128 valence electrons. The predicted octanol–water partition coefficient (Wildman–Crippen LogP) is 5.87. The largest absolute Gasteiger partial charge is 0.392 e. The summed E-state index contributed by atoms with van der Waals surface area (Å²) < 4.78 is 0. The zero-order chi connectivity index (χ0) is 17.0. The Balaban J connectivity index is 2.09. The van der Waals surface area contributed by atoms with Crippen LogP contribution in [0.5, 0.6) is 0 Å². The lowest BCUT2D eigenvalue weighted by atomic mass is 9.69. The normalized spacial score (nSPS) is 26.6. The Hall–Kier alpha value is -1.25. The van der Waals surface area contributed by atoms with Gasteiger partial charge in [-0.25, -0.2) is 0 Å². The van der Waals surface area contributed by atoms with E-state index in [1.165, 1.54) is 28.9 Å². The number of benzene rings is 2. The lowest BCUT2D eigenvalue weighted by Crippen LogP contribution is -2.40. The molecule has 0 amide bonds. The van der Waals surface area contributed by atoms with Crippen LogP contribution in [0.15, 0.2) is 59.5 Å². The van der Waals surface area contributed by atoms with Crippen LogP contribution < -0.4 is 0 Å². The quantitative estimate of drug-likeness (QED) is 0.734. The highest BCUT2D eigenvalue weighted by Crippen LogP contribution is 2.50. The van der Waals surface area contributed by atoms with Crippen LogP contribution in [0.4, 0.5) is 0 Å². The summed E-state index contributed by atoms with van der Waals surface area (Å²) in [6.45, 7) is 4.49. The molecule has 0 saturated heterocycles. The topological polar surface area (TPSA) is 20.2 Å². The van der Waals surface area contributed by atoms with E-state index in [0.717, 1.165) is 18.6 Å². The van der Waals surface area contributed by atoms with Crippen LogP contribution >= 0.6 is 11.8 Å². The number of aliphatic hydroxyl groups is 1. The summed E-state index contributed by atoms with van der Waals surface area (Å²) in [4.78, 5) is 1.33. The molecule has 0 bridgehead atoms. The first-order valence-corrected chi connectivity index (χ1v) is 10.1. The first-order valence-electron chi connectivity index (χ1n) is 9.16. The predicted molar refractivity (Wildman–Crippen MR) is 104 cm³/mol. The fraction of sp³-hybridized carbons (Fsp3) is 0.455. The Morgan fingerprint density at radius 2 is 1.75 bits per heavy atom. The minimum atomic E-state index is -0.340. The van der Waals surface area contributed by atoms with Gasteiger partial charge in [-0.15, -0.1) is 11.8 Å². The van der Waals surface area contributed by atoms with Gasteiger partial charge in [-0.1, -0.05) is 75.2 Å². The van der Waals surface area contributed by atoms with E-state index in [2.05, 4.69) is 68.4 Å². The summed E-state index contributed by atoms with van der Waals surface area (Å²) >= 11 is 1.93. The van der Waals surface area contributed by atoms with Crippen LogP contribution in [-0.2, 0) is 0 Å². The molecule has 24 heavy (non-hydrogen) atoms. The van der Waals surface area contributed by atoms with E-state index in [1.807, 2.05) is 11.8 Å². The smallest absolute Gasteiger partial charge is 0.0713 e. The number of thioether (sulfide) groups is 1. The van der Waals surface area contributed by atoms with Crippen molar-refractivity contribution in [2.24, 2.45) is 5.41 Å². The minimum absolute atomic E-state index is 0.0137. The first kappa shape index (κ1) is 17.6. The van der Waals surface area contributed by atoms with Crippen molar-refractivity contribution in [3.63, 3.8) is 0 Å². The van der Waals surface area contributed by atoms with Crippen molar-refractivity contribution in [2.45, 2.75) is 56.4 Å². The maximum atomic E-state index is 11.6. The van der Waals surface area contributed by atoms with Crippen LogP contribution in [0.3, 0.4) is 0 Å². The number of hydrogen-bond acceptors (Lipinski definition) is 2. The van der Waals surface area contributed by atoms with E-state index in [9.17, 15) is 5.11 Å². The Morgan fingerprint density at radius 3 is 2.46 bits per heavy atom. The summed E-state index contributed by atoms with van der Waals surface area (Å²) in [7, 11) is 0. The van der Waals surface area contributed by atoms with E-state index in [4.69, 9.17) is 0 Å². The number of fused-ring (bicyclic) bond motifs is 1. The van der Waals surface area contributed by atoms with Gasteiger partial charge in [0.25, 0.3) is 0 Å². The van der Waals surface area contributed by atoms with E-state index in [-0.39, 0.29) is 17.4 Å². The zero-order valence-corrected chi connectivity index (χ0v) is 15.6. The molecule has 3 rings (SSSR count). The summed E-state index contributed by atoms with van der Waals surface area (Å²) in [5, 5.41) is 11.6. The molecular formula is C22H28OS. The Kier molecular flexibility index (Phi) is 5.68. The minimum Gasteiger partial charge on any atom is -0.392 e. The van der Waals surface area contributed by atoms with Gasteiger partial charge in [0.2, 0.25) is 0 Å². The molecule has 2 aromatic carbocycles. The number of rotatable bonds is 5. The third-order valence-corrected chi connectivity index (χ3v) is 7.01. The lowest BCUT2D eigenvalue weighted by Gasteiger charge is -2.39. The fourth-order valence-electron chi connectivity index (χ4n) is 3.96. The van der Waals surface area contributed by atoms with Gasteiger partial charge in [-0.2, -0.15) is 0 Å². The van der Waals surface area contributed by atoms with E-state index >= 15 is 0 Å². The standard InChI is InChI=1S/C22H28OS/c1-3-5-15-22(4-2)16-24-19-14-10-9-13-18(19)20(21(22)23)17-11-7-6-8-12-17/h6-14,20-21,23H,3-5,15-16H2,1-2H3/t20-,21-,22+/m0/s1. The molecule has 0 radical (unpaired) electrons. The maximum absolute atomic E-state index is 11.6. The van der Waals surface area contributed by atoms with Crippen molar-refractivity contribution in [2.75, 3.05) is 5.75 Å². The average molecular weight is 341 g/mol. The highest BCUT2D eigenvalue weighted by Gasteiger charge is 2.44. The van der Waals surface area contributed by atoms with Gasteiger partial charge >= 0.3 is 0 Å². The molecule has 2 aromatic rings. The van der Waals surface area contributed by atoms with Crippen LogP contribution in [0, 0.1) is 5.41 Å². The molecule has 0 spiro atoms. The molecule has 0 fully saturated rings.